The molecule has 2 nitrogen and oxygen atoms in total. The summed E-state index contributed by atoms with van der Waals surface area (Å²) in [5.74, 6) is 0. The zero-order chi connectivity index (χ0) is 10.2. The van der Waals surface area contributed by atoms with E-state index in [0.29, 0.717) is 6.61 Å². The van der Waals surface area contributed by atoms with Crippen LogP contribution in [-0.4, -0.2) is 11.9 Å². The number of carbonyl (C=O) groups excluding carboxylic acids is 1. The van der Waals surface area contributed by atoms with Gasteiger partial charge in [0.2, 0.25) is 0 Å². The monoisotopic (exact) mass is 210 g/mol. The highest BCUT2D eigenvalue weighted by atomic mass is 32.1. The maximum Gasteiger partial charge on any atom is 0.364 e. The van der Waals surface area contributed by atoms with Crippen molar-refractivity contribution in [3.63, 3.8) is 0 Å². The molecule has 76 valence electrons. The van der Waals surface area contributed by atoms with E-state index in [1.54, 1.807) is 0 Å². The van der Waals surface area contributed by atoms with Gasteiger partial charge in [-0.1, -0.05) is 43.0 Å². The molecular weight excluding hydrogens is 196 g/mol. The first kappa shape index (κ1) is 11.1. The molecule has 3 heteroatoms. The molecule has 0 amide bonds. The Balaban J connectivity index is 2.08. The molecule has 0 fully saturated rings. The number of unbranched alkanes of at least 4 members (excludes halogenated alkanes) is 1. The van der Waals surface area contributed by atoms with Crippen molar-refractivity contribution >= 4 is 17.9 Å². The van der Waals surface area contributed by atoms with E-state index < -0.39 is 5.30 Å². The van der Waals surface area contributed by atoms with Gasteiger partial charge in [0.15, 0.2) is 0 Å². The molecule has 14 heavy (non-hydrogen) atoms. The van der Waals surface area contributed by atoms with Crippen LogP contribution in [0.1, 0.15) is 18.4 Å². The van der Waals surface area contributed by atoms with Crippen LogP contribution in [0.2, 0.25) is 0 Å². The Morgan fingerprint density at radius 2 is 1.93 bits per heavy atom. The lowest BCUT2D eigenvalue weighted by atomic mass is 10.1. The van der Waals surface area contributed by atoms with Gasteiger partial charge in [0, 0.05) is 0 Å². The lowest BCUT2D eigenvalue weighted by Gasteiger charge is -2.01. The quantitative estimate of drug-likeness (QED) is 0.459. The number of aryl methyl sites for hydroxylation is 1. The molecule has 1 aromatic carbocycles. The lowest BCUT2D eigenvalue weighted by Crippen LogP contribution is -1.97. The summed E-state index contributed by atoms with van der Waals surface area (Å²) in [6, 6.07) is 10.3. The Hall–Kier alpha value is -0.960. The summed E-state index contributed by atoms with van der Waals surface area (Å²) >= 11 is 3.51. The molecule has 0 aromatic heterocycles. The van der Waals surface area contributed by atoms with Crippen LogP contribution in [0.15, 0.2) is 30.3 Å². The highest BCUT2D eigenvalue weighted by Crippen LogP contribution is 2.04. The van der Waals surface area contributed by atoms with Crippen LogP contribution >= 0.6 is 12.6 Å². The second-order valence-corrected chi connectivity index (χ2v) is 3.42. The van der Waals surface area contributed by atoms with E-state index in [9.17, 15) is 4.79 Å². The molecule has 0 spiro atoms. The number of carbonyl (C=O) groups is 1. The standard InChI is InChI=1S/C11H14O2S/c12-11(14)13-9-5-4-8-10-6-2-1-3-7-10/h1-3,6-7H,4-5,8-9H2,(H,12,14). The van der Waals surface area contributed by atoms with Gasteiger partial charge in [-0.2, -0.15) is 0 Å². The summed E-state index contributed by atoms with van der Waals surface area (Å²) < 4.78 is 4.71. The van der Waals surface area contributed by atoms with Crippen molar-refractivity contribution in [2.24, 2.45) is 0 Å². The van der Waals surface area contributed by atoms with Gasteiger partial charge in [0.1, 0.15) is 0 Å². The summed E-state index contributed by atoms with van der Waals surface area (Å²) in [5.41, 5.74) is 1.32. The SMILES string of the molecule is O=C(S)OCCCCc1ccccc1. The van der Waals surface area contributed by atoms with Crippen molar-refractivity contribution in [3.8, 4) is 0 Å². The molecule has 0 saturated heterocycles. The fraction of sp³-hybridized carbons (Fsp3) is 0.364. The summed E-state index contributed by atoms with van der Waals surface area (Å²) in [7, 11) is 0. The van der Waals surface area contributed by atoms with Crippen molar-refractivity contribution in [2.75, 3.05) is 6.61 Å². The predicted molar refractivity (Wildman–Crippen MR) is 59.7 cm³/mol. The molecular formula is C11H14O2S. The van der Waals surface area contributed by atoms with E-state index in [0.717, 1.165) is 19.3 Å². The van der Waals surface area contributed by atoms with Gasteiger partial charge < -0.3 is 4.74 Å². The van der Waals surface area contributed by atoms with Crippen LogP contribution in [-0.2, 0) is 11.2 Å². The van der Waals surface area contributed by atoms with E-state index in [2.05, 4.69) is 24.8 Å². The number of hydrogen-bond donors (Lipinski definition) is 1. The Bertz CT molecular complexity index is 272. The minimum atomic E-state index is -0.496. The highest BCUT2D eigenvalue weighted by Gasteiger charge is 1.95. The van der Waals surface area contributed by atoms with Gasteiger partial charge >= 0.3 is 5.30 Å². The molecule has 0 atom stereocenters. The molecule has 0 bridgehead atoms. The summed E-state index contributed by atoms with van der Waals surface area (Å²) in [6.07, 6.45) is 2.96. The highest BCUT2D eigenvalue weighted by molar-refractivity contribution is 7.96. The van der Waals surface area contributed by atoms with Gasteiger partial charge in [-0.05, 0) is 24.8 Å². The lowest BCUT2D eigenvalue weighted by molar-refractivity contribution is 0.173. The normalized spacial score (nSPS) is 9.79. The minimum Gasteiger partial charge on any atom is -0.458 e. The van der Waals surface area contributed by atoms with Crippen molar-refractivity contribution in [2.45, 2.75) is 19.3 Å². The molecule has 0 heterocycles. The topological polar surface area (TPSA) is 26.3 Å². The number of benzene rings is 1. The third-order valence-corrected chi connectivity index (χ3v) is 2.06. The van der Waals surface area contributed by atoms with Crippen LogP contribution in [0.25, 0.3) is 0 Å². The molecule has 0 radical (unpaired) electrons. The zero-order valence-corrected chi connectivity index (χ0v) is 8.87. The van der Waals surface area contributed by atoms with Gasteiger partial charge in [0.05, 0.1) is 6.61 Å². The Morgan fingerprint density at radius 3 is 2.57 bits per heavy atom. The Labute approximate surface area is 89.7 Å². The van der Waals surface area contributed by atoms with Crippen LogP contribution in [0, 0.1) is 0 Å². The van der Waals surface area contributed by atoms with Gasteiger partial charge in [0.25, 0.3) is 0 Å². The van der Waals surface area contributed by atoms with Gasteiger partial charge in [-0.15, -0.1) is 0 Å². The van der Waals surface area contributed by atoms with Crippen LogP contribution in [0.3, 0.4) is 0 Å². The minimum absolute atomic E-state index is 0.467. The second kappa shape index (κ2) is 6.49. The third kappa shape index (κ3) is 4.92. The molecule has 1 aromatic rings. The molecule has 0 aliphatic carbocycles. The van der Waals surface area contributed by atoms with E-state index in [4.69, 9.17) is 4.74 Å². The van der Waals surface area contributed by atoms with Crippen molar-refractivity contribution in [3.05, 3.63) is 35.9 Å². The van der Waals surface area contributed by atoms with Crippen molar-refractivity contribution in [1.82, 2.24) is 0 Å². The first-order chi connectivity index (χ1) is 6.79. The largest absolute Gasteiger partial charge is 0.458 e. The van der Waals surface area contributed by atoms with Gasteiger partial charge in [-0.25, -0.2) is 4.79 Å². The average molecular weight is 210 g/mol. The van der Waals surface area contributed by atoms with Crippen molar-refractivity contribution < 1.29 is 9.53 Å². The first-order valence-electron chi connectivity index (χ1n) is 4.68. The fourth-order valence-corrected chi connectivity index (χ4v) is 1.33. The Kier molecular flexibility index (Phi) is 5.15. The van der Waals surface area contributed by atoms with Crippen LogP contribution < -0.4 is 0 Å². The van der Waals surface area contributed by atoms with E-state index in [1.165, 1.54) is 5.56 Å². The summed E-state index contributed by atoms with van der Waals surface area (Å²) in [5, 5.41) is -0.496. The van der Waals surface area contributed by atoms with Crippen molar-refractivity contribution in [1.29, 1.82) is 0 Å². The fourth-order valence-electron chi connectivity index (χ4n) is 1.24. The van der Waals surface area contributed by atoms with E-state index in [1.807, 2.05) is 18.2 Å². The maximum atomic E-state index is 10.3. The molecule has 0 unspecified atom stereocenters. The number of ether oxygens (including phenoxy) is 1. The summed E-state index contributed by atoms with van der Waals surface area (Å²) in [4.78, 5) is 10.3. The number of hydrogen-bond acceptors (Lipinski definition) is 2. The van der Waals surface area contributed by atoms with Gasteiger partial charge in [-0.3, -0.25) is 0 Å². The average Bonchev–Trinajstić information content (AvgIpc) is 2.18. The molecule has 0 aliphatic rings. The summed E-state index contributed by atoms with van der Waals surface area (Å²) in [6.45, 7) is 0.467. The molecule has 0 N–H and O–H groups in total. The zero-order valence-electron chi connectivity index (χ0n) is 7.98. The van der Waals surface area contributed by atoms with Crippen LogP contribution in [0.4, 0.5) is 4.79 Å². The predicted octanol–water partition coefficient (Wildman–Crippen LogP) is 3.08. The molecule has 0 aliphatic heterocycles. The second-order valence-electron chi connectivity index (χ2n) is 3.06. The molecule has 0 saturated carbocycles. The number of rotatable bonds is 5. The molecule has 1 rings (SSSR count). The maximum absolute atomic E-state index is 10.3. The van der Waals surface area contributed by atoms with E-state index >= 15 is 0 Å². The first-order valence-corrected chi connectivity index (χ1v) is 5.13. The van der Waals surface area contributed by atoms with E-state index in [-0.39, 0.29) is 0 Å². The smallest absolute Gasteiger partial charge is 0.364 e. The Morgan fingerprint density at radius 1 is 1.21 bits per heavy atom. The third-order valence-electron chi connectivity index (χ3n) is 1.93. The van der Waals surface area contributed by atoms with Crippen LogP contribution in [0.5, 0.6) is 0 Å². The number of thiol groups is 1.